The van der Waals surface area contributed by atoms with E-state index in [9.17, 15) is 5.11 Å². The minimum absolute atomic E-state index is 0.0417. The maximum atomic E-state index is 15.5. The first-order chi connectivity index (χ1) is 9.63. The van der Waals surface area contributed by atoms with E-state index in [0.717, 1.165) is 19.3 Å². The van der Waals surface area contributed by atoms with E-state index < -0.39 is 11.3 Å². The van der Waals surface area contributed by atoms with Gasteiger partial charge in [-0.15, -0.1) is 0 Å². The van der Waals surface area contributed by atoms with Crippen molar-refractivity contribution in [2.24, 2.45) is 5.92 Å². The predicted octanol–water partition coefficient (Wildman–Crippen LogP) is 4.15. The van der Waals surface area contributed by atoms with Gasteiger partial charge >= 0.3 is 0 Å². The lowest BCUT2D eigenvalue weighted by Gasteiger charge is -2.49. The topological polar surface area (TPSA) is 29.5 Å². The summed E-state index contributed by atoms with van der Waals surface area (Å²) >= 11 is 0. The maximum Gasteiger partial charge on any atom is 0.144 e. The Labute approximate surface area is 122 Å². The normalized spacial score (nSPS) is 39.6. The summed E-state index contributed by atoms with van der Waals surface area (Å²) in [5.41, 5.74) is -2.49. The highest BCUT2D eigenvalue weighted by atomic mass is 19.1. The quantitative estimate of drug-likeness (QED) is 0.825. The van der Waals surface area contributed by atoms with Crippen molar-refractivity contribution in [1.29, 1.82) is 0 Å². The van der Waals surface area contributed by atoms with Crippen LogP contribution < -0.4 is 0 Å². The van der Waals surface area contributed by atoms with Crippen molar-refractivity contribution in [2.75, 3.05) is 6.61 Å². The molecule has 0 radical (unpaired) electrons. The molecule has 3 rings (SSSR count). The molecule has 3 fully saturated rings. The highest BCUT2D eigenvalue weighted by molar-refractivity contribution is 5.05. The average molecular weight is 284 g/mol. The van der Waals surface area contributed by atoms with Crippen molar-refractivity contribution in [3.05, 3.63) is 0 Å². The van der Waals surface area contributed by atoms with E-state index in [1.165, 1.54) is 32.1 Å². The molecule has 2 saturated carbocycles. The van der Waals surface area contributed by atoms with Crippen LogP contribution in [-0.4, -0.2) is 29.1 Å². The molecule has 2 atom stereocenters. The zero-order chi connectivity index (χ0) is 14.1. The number of aliphatic hydroxyl groups is 1. The Morgan fingerprint density at radius 3 is 2.25 bits per heavy atom. The monoisotopic (exact) mass is 284 g/mol. The fourth-order valence-corrected chi connectivity index (χ4v) is 4.67. The van der Waals surface area contributed by atoms with Crippen LogP contribution in [-0.2, 0) is 4.74 Å². The smallest absolute Gasteiger partial charge is 0.144 e. The standard InChI is InChI=1S/C17H29FO2/c18-16(17(19)9-5-2-6-10-17)11-12-20-15(13-16)14-7-3-1-4-8-14/h14-15,19H,1-13H2. The van der Waals surface area contributed by atoms with E-state index in [0.29, 0.717) is 38.2 Å². The second kappa shape index (κ2) is 5.92. The van der Waals surface area contributed by atoms with Crippen molar-refractivity contribution in [1.82, 2.24) is 0 Å². The molecule has 0 bridgehead atoms. The second-order valence-electron chi connectivity index (χ2n) is 7.32. The number of hydrogen-bond donors (Lipinski definition) is 1. The molecule has 2 aliphatic carbocycles. The zero-order valence-electron chi connectivity index (χ0n) is 12.6. The predicted molar refractivity (Wildman–Crippen MR) is 77.4 cm³/mol. The molecule has 1 N–H and O–H groups in total. The van der Waals surface area contributed by atoms with Crippen molar-refractivity contribution >= 4 is 0 Å². The van der Waals surface area contributed by atoms with Crippen LogP contribution in [0, 0.1) is 5.92 Å². The van der Waals surface area contributed by atoms with E-state index in [1.807, 2.05) is 0 Å². The zero-order valence-corrected chi connectivity index (χ0v) is 12.6. The summed E-state index contributed by atoms with van der Waals surface area (Å²) in [5, 5.41) is 10.8. The van der Waals surface area contributed by atoms with Gasteiger partial charge in [0.05, 0.1) is 18.3 Å². The van der Waals surface area contributed by atoms with Gasteiger partial charge in [-0.05, 0) is 31.6 Å². The molecule has 3 aliphatic rings. The highest BCUT2D eigenvalue weighted by Crippen LogP contribution is 2.48. The minimum atomic E-state index is -1.41. The van der Waals surface area contributed by atoms with Gasteiger partial charge in [-0.3, -0.25) is 0 Å². The van der Waals surface area contributed by atoms with E-state index in [4.69, 9.17) is 4.74 Å². The molecule has 0 amide bonds. The fourth-order valence-electron chi connectivity index (χ4n) is 4.67. The number of alkyl halides is 1. The van der Waals surface area contributed by atoms with Crippen LogP contribution in [0.15, 0.2) is 0 Å². The Kier molecular flexibility index (Phi) is 4.37. The third-order valence-electron chi connectivity index (χ3n) is 6.05. The number of hydrogen-bond acceptors (Lipinski definition) is 2. The molecule has 1 aliphatic heterocycles. The van der Waals surface area contributed by atoms with Crippen molar-refractivity contribution in [2.45, 2.75) is 94.4 Å². The summed E-state index contributed by atoms with van der Waals surface area (Å²) in [6, 6.07) is 0. The van der Waals surface area contributed by atoms with Gasteiger partial charge in [0, 0.05) is 12.8 Å². The van der Waals surface area contributed by atoms with Crippen molar-refractivity contribution < 1.29 is 14.2 Å². The molecule has 2 unspecified atom stereocenters. The van der Waals surface area contributed by atoms with Gasteiger partial charge in [0.15, 0.2) is 0 Å². The SMILES string of the molecule is OC1(C2(F)CCOC(C3CCCCC3)C2)CCCCC1. The molecule has 2 nitrogen and oxygen atoms in total. The van der Waals surface area contributed by atoms with E-state index in [1.54, 1.807) is 0 Å². The van der Waals surface area contributed by atoms with Gasteiger partial charge in [0.2, 0.25) is 0 Å². The lowest BCUT2D eigenvalue weighted by molar-refractivity contribution is -0.188. The van der Waals surface area contributed by atoms with Gasteiger partial charge < -0.3 is 9.84 Å². The molecule has 1 heterocycles. The molecule has 0 spiro atoms. The van der Waals surface area contributed by atoms with Gasteiger partial charge in [-0.2, -0.15) is 0 Å². The first kappa shape index (κ1) is 14.8. The Bertz CT molecular complexity index is 321. The first-order valence-corrected chi connectivity index (χ1v) is 8.66. The summed E-state index contributed by atoms with van der Waals surface area (Å²) in [4.78, 5) is 0. The molecule has 0 aromatic heterocycles. The Morgan fingerprint density at radius 2 is 1.55 bits per heavy atom. The summed E-state index contributed by atoms with van der Waals surface area (Å²) in [6.45, 7) is 0.486. The molecule has 116 valence electrons. The summed E-state index contributed by atoms with van der Waals surface area (Å²) in [7, 11) is 0. The lowest BCUT2D eigenvalue weighted by atomic mass is 9.67. The van der Waals surface area contributed by atoms with Gasteiger partial charge in [-0.25, -0.2) is 4.39 Å². The minimum Gasteiger partial charge on any atom is -0.387 e. The van der Waals surface area contributed by atoms with Crippen LogP contribution in [0.1, 0.15) is 77.0 Å². The van der Waals surface area contributed by atoms with E-state index >= 15 is 4.39 Å². The van der Waals surface area contributed by atoms with Crippen LogP contribution in [0.25, 0.3) is 0 Å². The molecular weight excluding hydrogens is 255 g/mol. The summed E-state index contributed by atoms with van der Waals surface area (Å²) in [6.07, 6.45) is 11.4. The summed E-state index contributed by atoms with van der Waals surface area (Å²) in [5.74, 6) is 0.520. The lowest BCUT2D eigenvalue weighted by Crippen LogP contribution is -2.57. The van der Waals surface area contributed by atoms with E-state index in [-0.39, 0.29) is 6.10 Å². The van der Waals surface area contributed by atoms with Crippen LogP contribution >= 0.6 is 0 Å². The van der Waals surface area contributed by atoms with E-state index in [2.05, 4.69) is 0 Å². The molecule has 1 saturated heterocycles. The third-order valence-corrected chi connectivity index (χ3v) is 6.05. The van der Waals surface area contributed by atoms with Crippen LogP contribution in [0.3, 0.4) is 0 Å². The summed E-state index contributed by atoms with van der Waals surface area (Å²) < 4.78 is 21.4. The number of rotatable bonds is 2. The Hall–Kier alpha value is -0.150. The molecule has 20 heavy (non-hydrogen) atoms. The number of halogens is 1. The molecule has 0 aromatic rings. The van der Waals surface area contributed by atoms with Gasteiger partial charge in [0.1, 0.15) is 5.67 Å². The largest absolute Gasteiger partial charge is 0.387 e. The third kappa shape index (κ3) is 2.76. The van der Waals surface area contributed by atoms with Crippen LogP contribution in [0.2, 0.25) is 0 Å². The average Bonchev–Trinajstić information content (AvgIpc) is 2.49. The van der Waals surface area contributed by atoms with Crippen LogP contribution in [0.4, 0.5) is 4.39 Å². The van der Waals surface area contributed by atoms with Gasteiger partial charge in [-0.1, -0.05) is 38.5 Å². The van der Waals surface area contributed by atoms with Gasteiger partial charge in [0.25, 0.3) is 0 Å². The Morgan fingerprint density at radius 1 is 0.900 bits per heavy atom. The highest BCUT2D eigenvalue weighted by Gasteiger charge is 2.54. The molecule has 0 aromatic carbocycles. The van der Waals surface area contributed by atoms with Crippen molar-refractivity contribution in [3.63, 3.8) is 0 Å². The van der Waals surface area contributed by atoms with Crippen molar-refractivity contribution in [3.8, 4) is 0 Å². The molecular formula is C17H29FO2. The van der Waals surface area contributed by atoms with Crippen LogP contribution in [0.5, 0.6) is 0 Å². The first-order valence-electron chi connectivity index (χ1n) is 8.66. The maximum absolute atomic E-state index is 15.5. The number of ether oxygens (including phenoxy) is 1. The molecule has 3 heteroatoms. The second-order valence-corrected chi connectivity index (χ2v) is 7.32. The fraction of sp³-hybridized carbons (Fsp3) is 1.00. The Balaban J connectivity index is 1.69.